The first kappa shape index (κ1) is 18.4. The topological polar surface area (TPSA) is 49.9 Å². The molecule has 2 rings (SSSR count). The molecule has 23 heavy (non-hydrogen) atoms. The highest BCUT2D eigenvalue weighted by molar-refractivity contribution is 8.00. The Balaban J connectivity index is 2.15. The van der Waals surface area contributed by atoms with Gasteiger partial charge in [-0.1, -0.05) is 20.8 Å². The summed E-state index contributed by atoms with van der Waals surface area (Å²) in [7, 11) is 0. The van der Waals surface area contributed by atoms with Crippen molar-refractivity contribution in [2.75, 3.05) is 25.4 Å². The van der Waals surface area contributed by atoms with Gasteiger partial charge in [0.25, 0.3) is 0 Å². The number of likely N-dealkylation sites (tertiary alicyclic amines) is 1. The molecule has 2 aliphatic heterocycles. The van der Waals surface area contributed by atoms with Gasteiger partial charge >= 0.3 is 6.09 Å². The largest absolute Gasteiger partial charge is 0.444 e. The van der Waals surface area contributed by atoms with Crippen LogP contribution >= 0.6 is 11.8 Å². The molecule has 0 aromatic carbocycles. The Morgan fingerprint density at radius 1 is 1.09 bits per heavy atom. The fourth-order valence-corrected chi connectivity index (χ4v) is 4.64. The number of nitrogens with zero attached hydrogens (tertiary/aromatic N) is 2. The third kappa shape index (κ3) is 4.14. The van der Waals surface area contributed by atoms with Gasteiger partial charge in [0.15, 0.2) is 0 Å². The summed E-state index contributed by atoms with van der Waals surface area (Å²) >= 11 is 1.81. The fraction of sp³-hybridized carbons (Fsp3) is 0.882. The lowest BCUT2D eigenvalue weighted by Crippen LogP contribution is -2.59. The molecule has 2 saturated heterocycles. The SMILES string of the molecule is CC(C)(C)OC(=O)N1CCCC2(C1)SCCN2C(=O)C(C)(C)C. The van der Waals surface area contributed by atoms with Crippen molar-refractivity contribution in [2.45, 2.75) is 64.9 Å². The summed E-state index contributed by atoms with van der Waals surface area (Å²) < 4.78 is 5.52. The second-order valence-electron chi connectivity index (χ2n) is 8.51. The Morgan fingerprint density at radius 2 is 1.74 bits per heavy atom. The monoisotopic (exact) mass is 342 g/mol. The molecule has 0 radical (unpaired) electrons. The molecule has 2 fully saturated rings. The van der Waals surface area contributed by atoms with Crippen LogP contribution in [0.1, 0.15) is 54.4 Å². The molecule has 0 saturated carbocycles. The lowest BCUT2D eigenvalue weighted by molar-refractivity contribution is -0.143. The summed E-state index contributed by atoms with van der Waals surface area (Å²) in [5.41, 5.74) is -0.891. The van der Waals surface area contributed by atoms with Crippen molar-refractivity contribution in [3.8, 4) is 0 Å². The molecule has 0 aromatic heterocycles. The molecule has 0 aromatic rings. The highest BCUT2D eigenvalue weighted by Crippen LogP contribution is 2.44. The van der Waals surface area contributed by atoms with E-state index < -0.39 is 11.0 Å². The minimum atomic E-state index is -0.495. The van der Waals surface area contributed by atoms with Crippen LogP contribution < -0.4 is 0 Å². The van der Waals surface area contributed by atoms with Gasteiger partial charge in [-0.2, -0.15) is 0 Å². The maximum absolute atomic E-state index is 12.8. The average molecular weight is 343 g/mol. The Morgan fingerprint density at radius 3 is 2.30 bits per heavy atom. The molecule has 2 amide bonds. The number of rotatable bonds is 0. The van der Waals surface area contributed by atoms with E-state index in [2.05, 4.69) is 0 Å². The molecule has 0 aliphatic carbocycles. The minimum Gasteiger partial charge on any atom is -0.444 e. The molecule has 1 atom stereocenters. The normalized spacial score (nSPS) is 25.8. The van der Waals surface area contributed by atoms with Gasteiger partial charge in [0.1, 0.15) is 10.5 Å². The van der Waals surface area contributed by atoms with E-state index in [1.807, 2.05) is 58.2 Å². The Kier molecular flexibility index (Phi) is 4.96. The summed E-state index contributed by atoms with van der Waals surface area (Å²) in [5, 5.41) is 0. The second kappa shape index (κ2) is 6.19. The van der Waals surface area contributed by atoms with Crippen LogP contribution in [0.25, 0.3) is 0 Å². The minimum absolute atomic E-state index is 0.175. The number of thioether (sulfide) groups is 1. The number of amides is 2. The van der Waals surface area contributed by atoms with E-state index in [9.17, 15) is 9.59 Å². The molecule has 1 unspecified atom stereocenters. The number of hydrogen-bond acceptors (Lipinski definition) is 4. The summed E-state index contributed by atoms with van der Waals surface area (Å²) in [5.74, 6) is 1.11. The van der Waals surface area contributed by atoms with Gasteiger partial charge in [0.2, 0.25) is 5.91 Å². The van der Waals surface area contributed by atoms with Gasteiger partial charge in [-0.05, 0) is 33.6 Å². The zero-order valence-corrected chi connectivity index (χ0v) is 16.1. The quantitative estimate of drug-likeness (QED) is 0.677. The third-order valence-corrected chi connectivity index (χ3v) is 5.63. The third-order valence-electron chi connectivity index (χ3n) is 4.15. The lowest BCUT2D eigenvalue weighted by Gasteiger charge is -2.46. The number of carbonyl (C=O) groups excluding carboxylic acids is 2. The number of piperidine rings is 1. The standard InChI is InChI=1S/C17H30N2O3S/c1-15(2,3)13(20)19-10-11-23-17(19)8-7-9-18(12-17)14(21)22-16(4,5)6/h7-12H2,1-6H3. The summed E-state index contributed by atoms with van der Waals surface area (Å²) in [4.78, 5) is 28.7. The van der Waals surface area contributed by atoms with Crippen LogP contribution in [0.4, 0.5) is 4.79 Å². The maximum atomic E-state index is 12.8. The molecular formula is C17H30N2O3S. The highest BCUT2D eigenvalue weighted by Gasteiger charge is 2.50. The average Bonchev–Trinajstić information content (AvgIpc) is 2.77. The van der Waals surface area contributed by atoms with E-state index in [1.54, 1.807) is 4.90 Å². The number of ether oxygens (including phenoxy) is 1. The number of hydrogen-bond donors (Lipinski definition) is 0. The first-order valence-electron chi connectivity index (χ1n) is 8.39. The smallest absolute Gasteiger partial charge is 0.410 e. The van der Waals surface area contributed by atoms with E-state index in [0.717, 1.165) is 25.1 Å². The van der Waals surface area contributed by atoms with Crippen molar-refractivity contribution in [1.29, 1.82) is 0 Å². The molecule has 2 heterocycles. The van der Waals surface area contributed by atoms with Crippen LogP contribution in [0.5, 0.6) is 0 Å². The van der Waals surface area contributed by atoms with Gasteiger partial charge in [0.05, 0.1) is 6.54 Å². The van der Waals surface area contributed by atoms with Crippen LogP contribution in [0.15, 0.2) is 0 Å². The predicted molar refractivity (Wildman–Crippen MR) is 93.4 cm³/mol. The predicted octanol–water partition coefficient (Wildman–Crippen LogP) is 3.34. The van der Waals surface area contributed by atoms with E-state index in [-0.39, 0.29) is 16.9 Å². The van der Waals surface area contributed by atoms with Gasteiger partial charge in [0, 0.05) is 24.3 Å². The first-order valence-corrected chi connectivity index (χ1v) is 9.37. The van der Waals surface area contributed by atoms with E-state index in [0.29, 0.717) is 13.1 Å². The van der Waals surface area contributed by atoms with E-state index >= 15 is 0 Å². The Bertz CT molecular complexity index is 481. The van der Waals surface area contributed by atoms with E-state index in [1.165, 1.54) is 0 Å². The van der Waals surface area contributed by atoms with Gasteiger partial charge in [-0.15, -0.1) is 11.8 Å². The number of carbonyl (C=O) groups is 2. The van der Waals surface area contributed by atoms with Crippen molar-refractivity contribution in [3.05, 3.63) is 0 Å². The van der Waals surface area contributed by atoms with Crippen molar-refractivity contribution in [1.82, 2.24) is 9.80 Å². The van der Waals surface area contributed by atoms with Crippen molar-refractivity contribution < 1.29 is 14.3 Å². The summed E-state index contributed by atoms with van der Waals surface area (Å²) in [6, 6.07) is 0. The summed E-state index contributed by atoms with van der Waals surface area (Å²) in [6.45, 7) is 13.5. The molecular weight excluding hydrogens is 312 g/mol. The molecule has 2 aliphatic rings. The Labute approximate surface area is 144 Å². The summed E-state index contributed by atoms with van der Waals surface area (Å²) in [6.07, 6.45) is 1.58. The van der Waals surface area contributed by atoms with Crippen LogP contribution in [0, 0.1) is 5.41 Å². The molecule has 0 N–H and O–H groups in total. The molecule has 6 heteroatoms. The van der Waals surface area contributed by atoms with Crippen LogP contribution in [0.3, 0.4) is 0 Å². The second-order valence-corrected chi connectivity index (χ2v) is 9.96. The zero-order valence-electron chi connectivity index (χ0n) is 15.3. The lowest BCUT2D eigenvalue weighted by atomic mass is 9.92. The molecule has 132 valence electrons. The molecule has 1 spiro atoms. The molecule has 0 bridgehead atoms. The van der Waals surface area contributed by atoms with Crippen LogP contribution in [-0.4, -0.2) is 57.7 Å². The van der Waals surface area contributed by atoms with Gasteiger partial charge < -0.3 is 14.5 Å². The van der Waals surface area contributed by atoms with Crippen LogP contribution in [0.2, 0.25) is 0 Å². The van der Waals surface area contributed by atoms with E-state index in [4.69, 9.17) is 4.74 Å². The van der Waals surface area contributed by atoms with Crippen molar-refractivity contribution >= 4 is 23.8 Å². The fourth-order valence-electron chi connectivity index (χ4n) is 3.12. The van der Waals surface area contributed by atoms with Gasteiger partial charge in [-0.3, -0.25) is 4.79 Å². The highest BCUT2D eigenvalue weighted by atomic mass is 32.2. The van der Waals surface area contributed by atoms with Crippen LogP contribution in [-0.2, 0) is 9.53 Å². The Hall–Kier alpha value is -0.910. The first-order chi connectivity index (χ1) is 10.4. The maximum Gasteiger partial charge on any atom is 0.410 e. The molecule has 5 nitrogen and oxygen atoms in total. The zero-order chi connectivity index (χ0) is 17.5. The van der Waals surface area contributed by atoms with Crippen molar-refractivity contribution in [2.24, 2.45) is 5.41 Å². The van der Waals surface area contributed by atoms with Gasteiger partial charge in [-0.25, -0.2) is 4.79 Å². The van der Waals surface area contributed by atoms with Crippen molar-refractivity contribution in [3.63, 3.8) is 0 Å².